The zero-order valence-electron chi connectivity index (χ0n) is 14.9. The number of benzene rings is 2. The molecule has 0 spiro atoms. The van der Waals surface area contributed by atoms with Gasteiger partial charge in [0.05, 0.1) is 20.2 Å². The molecule has 0 bridgehead atoms. The Kier molecular flexibility index (Phi) is 5.95. The topological polar surface area (TPSA) is 101 Å². The Morgan fingerprint density at radius 2 is 1.79 bits per heavy atom. The molecule has 1 heterocycles. The zero-order chi connectivity index (χ0) is 20.4. The second-order valence-corrected chi connectivity index (χ2v) is 7.75. The molecule has 2 aromatic carbocycles. The van der Waals surface area contributed by atoms with E-state index in [4.69, 9.17) is 9.84 Å². The molecule has 7 nitrogen and oxygen atoms in total. The molecular weight excluding hydrogens is 494 g/mol. The fraction of sp³-hybridized carbons (Fsp3) is 0.158. The summed E-state index contributed by atoms with van der Waals surface area (Å²) in [6, 6.07) is 8.65. The van der Waals surface area contributed by atoms with Gasteiger partial charge in [-0.2, -0.15) is 10.2 Å². The Balaban J connectivity index is 1.90. The highest BCUT2D eigenvalue weighted by Crippen LogP contribution is 2.38. The van der Waals surface area contributed by atoms with E-state index in [1.807, 2.05) is 26.0 Å². The SMILES string of the molecule is Cc1nnc2ccc(Oc3c(Br)cc(C(=O)NCC(=O)O)cc3Br)cc2c1C. The lowest BCUT2D eigenvalue weighted by Gasteiger charge is -2.13. The largest absolute Gasteiger partial charge is 0.480 e. The van der Waals surface area contributed by atoms with Crippen LogP contribution in [0.25, 0.3) is 10.9 Å². The molecule has 144 valence electrons. The maximum absolute atomic E-state index is 12.1. The summed E-state index contributed by atoms with van der Waals surface area (Å²) in [6.07, 6.45) is 0. The number of aliphatic carboxylic acids is 1. The van der Waals surface area contributed by atoms with Crippen LogP contribution in [0.4, 0.5) is 0 Å². The van der Waals surface area contributed by atoms with E-state index in [2.05, 4.69) is 47.4 Å². The van der Waals surface area contributed by atoms with Crippen molar-refractivity contribution in [3.8, 4) is 11.5 Å². The van der Waals surface area contributed by atoms with Crippen LogP contribution in [-0.2, 0) is 4.79 Å². The average molecular weight is 509 g/mol. The van der Waals surface area contributed by atoms with Gasteiger partial charge in [-0.3, -0.25) is 9.59 Å². The number of hydrogen-bond donors (Lipinski definition) is 2. The van der Waals surface area contributed by atoms with Crippen molar-refractivity contribution in [1.29, 1.82) is 0 Å². The van der Waals surface area contributed by atoms with Crippen molar-refractivity contribution in [2.24, 2.45) is 0 Å². The number of carboxylic acid groups (broad SMARTS) is 1. The summed E-state index contributed by atoms with van der Waals surface area (Å²) in [5.41, 5.74) is 2.95. The predicted octanol–water partition coefficient (Wildman–Crippen LogP) is 4.38. The van der Waals surface area contributed by atoms with E-state index in [1.54, 1.807) is 18.2 Å². The van der Waals surface area contributed by atoms with Crippen LogP contribution < -0.4 is 10.1 Å². The van der Waals surface area contributed by atoms with Gasteiger partial charge in [-0.05, 0) is 81.6 Å². The van der Waals surface area contributed by atoms with Crippen molar-refractivity contribution in [2.45, 2.75) is 13.8 Å². The molecule has 9 heteroatoms. The summed E-state index contributed by atoms with van der Waals surface area (Å²) in [5.74, 6) is -0.512. The second-order valence-electron chi connectivity index (χ2n) is 6.04. The molecule has 0 aliphatic carbocycles. The normalized spacial score (nSPS) is 10.7. The van der Waals surface area contributed by atoms with E-state index < -0.39 is 18.4 Å². The van der Waals surface area contributed by atoms with Gasteiger partial charge in [-0.25, -0.2) is 0 Å². The molecule has 3 rings (SSSR count). The molecule has 0 radical (unpaired) electrons. The van der Waals surface area contributed by atoms with Gasteiger partial charge in [0.25, 0.3) is 5.91 Å². The standard InChI is InChI=1S/C19H15Br2N3O4/c1-9-10(2)23-24-16-4-3-12(7-13(9)16)28-18-14(20)5-11(6-15(18)21)19(27)22-8-17(25)26/h3-7H,8H2,1-2H3,(H,22,27)(H,25,26). The van der Waals surface area contributed by atoms with Gasteiger partial charge in [-0.1, -0.05) is 0 Å². The number of amides is 1. The number of nitrogens with zero attached hydrogens (tertiary/aromatic N) is 2. The van der Waals surface area contributed by atoms with Gasteiger partial charge >= 0.3 is 5.97 Å². The van der Waals surface area contributed by atoms with Crippen molar-refractivity contribution in [3.05, 3.63) is 56.1 Å². The monoisotopic (exact) mass is 507 g/mol. The third-order valence-corrected chi connectivity index (χ3v) is 5.28. The third kappa shape index (κ3) is 4.31. The van der Waals surface area contributed by atoms with E-state index in [0.29, 0.717) is 26.0 Å². The van der Waals surface area contributed by atoms with Gasteiger partial charge in [0.1, 0.15) is 12.3 Å². The number of fused-ring (bicyclic) bond motifs is 1. The Hall–Kier alpha value is -2.52. The molecule has 28 heavy (non-hydrogen) atoms. The fourth-order valence-electron chi connectivity index (χ4n) is 2.53. The number of rotatable bonds is 5. The van der Waals surface area contributed by atoms with E-state index in [-0.39, 0.29) is 0 Å². The molecular formula is C19H15Br2N3O4. The average Bonchev–Trinajstić information content (AvgIpc) is 2.65. The molecule has 0 atom stereocenters. The van der Waals surface area contributed by atoms with Crippen LogP contribution in [0, 0.1) is 13.8 Å². The summed E-state index contributed by atoms with van der Waals surface area (Å²) in [4.78, 5) is 22.7. The van der Waals surface area contributed by atoms with Crippen LogP contribution in [0.5, 0.6) is 11.5 Å². The number of ether oxygens (including phenoxy) is 1. The number of nitrogens with one attached hydrogen (secondary N) is 1. The quantitative estimate of drug-likeness (QED) is 0.530. The van der Waals surface area contributed by atoms with Crippen LogP contribution >= 0.6 is 31.9 Å². The first-order chi connectivity index (χ1) is 13.3. The summed E-state index contributed by atoms with van der Waals surface area (Å²) < 4.78 is 7.10. The van der Waals surface area contributed by atoms with Crippen molar-refractivity contribution >= 4 is 54.6 Å². The number of carbonyl (C=O) groups is 2. The predicted molar refractivity (Wildman–Crippen MR) is 111 cm³/mol. The molecule has 0 fully saturated rings. The first-order valence-electron chi connectivity index (χ1n) is 8.17. The second kappa shape index (κ2) is 8.24. The lowest BCUT2D eigenvalue weighted by atomic mass is 10.1. The lowest BCUT2D eigenvalue weighted by Crippen LogP contribution is -2.29. The molecule has 0 aliphatic heterocycles. The van der Waals surface area contributed by atoms with E-state index in [0.717, 1.165) is 22.2 Å². The van der Waals surface area contributed by atoms with Crippen molar-refractivity contribution < 1.29 is 19.4 Å². The van der Waals surface area contributed by atoms with Crippen molar-refractivity contribution in [2.75, 3.05) is 6.54 Å². The molecule has 1 amide bonds. The summed E-state index contributed by atoms with van der Waals surface area (Å²) in [6.45, 7) is 3.42. The van der Waals surface area contributed by atoms with Gasteiger partial charge in [0, 0.05) is 10.9 Å². The Morgan fingerprint density at radius 1 is 1.11 bits per heavy atom. The van der Waals surface area contributed by atoms with E-state index in [9.17, 15) is 9.59 Å². The molecule has 0 unspecified atom stereocenters. The number of hydrogen-bond acceptors (Lipinski definition) is 5. The highest BCUT2D eigenvalue weighted by Gasteiger charge is 2.15. The third-order valence-electron chi connectivity index (χ3n) is 4.10. The van der Waals surface area contributed by atoms with Crippen LogP contribution in [-0.4, -0.2) is 33.7 Å². The first-order valence-corrected chi connectivity index (χ1v) is 9.75. The maximum atomic E-state index is 12.1. The zero-order valence-corrected chi connectivity index (χ0v) is 18.1. The maximum Gasteiger partial charge on any atom is 0.322 e. The molecule has 1 aromatic heterocycles. The van der Waals surface area contributed by atoms with Gasteiger partial charge in [0.2, 0.25) is 0 Å². The Bertz CT molecular complexity index is 1080. The summed E-state index contributed by atoms with van der Waals surface area (Å²) in [5, 5.41) is 20.2. The van der Waals surface area contributed by atoms with E-state index >= 15 is 0 Å². The number of aromatic nitrogens is 2. The number of halogens is 2. The molecule has 3 aromatic rings. The minimum Gasteiger partial charge on any atom is -0.480 e. The molecule has 0 saturated heterocycles. The number of aryl methyl sites for hydroxylation is 2. The van der Waals surface area contributed by atoms with Crippen LogP contribution in [0.2, 0.25) is 0 Å². The molecule has 0 aliphatic rings. The van der Waals surface area contributed by atoms with Gasteiger partial charge in [-0.15, -0.1) is 0 Å². The highest BCUT2D eigenvalue weighted by molar-refractivity contribution is 9.11. The van der Waals surface area contributed by atoms with Crippen molar-refractivity contribution in [1.82, 2.24) is 15.5 Å². The fourth-order valence-corrected chi connectivity index (χ4v) is 3.88. The smallest absolute Gasteiger partial charge is 0.322 e. The molecule has 2 N–H and O–H groups in total. The summed E-state index contributed by atoms with van der Waals surface area (Å²) in [7, 11) is 0. The van der Waals surface area contributed by atoms with E-state index in [1.165, 1.54) is 0 Å². The highest BCUT2D eigenvalue weighted by atomic mass is 79.9. The van der Waals surface area contributed by atoms with Gasteiger partial charge in [0.15, 0.2) is 5.75 Å². The summed E-state index contributed by atoms with van der Waals surface area (Å²) >= 11 is 6.81. The van der Waals surface area contributed by atoms with Gasteiger partial charge < -0.3 is 15.2 Å². The van der Waals surface area contributed by atoms with Crippen molar-refractivity contribution in [3.63, 3.8) is 0 Å². The van der Waals surface area contributed by atoms with Crippen LogP contribution in [0.3, 0.4) is 0 Å². The molecule has 0 saturated carbocycles. The van der Waals surface area contributed by atoms with Crippen LogP contribution in [0.1, 0.15) is 21.6 Å². The number of carbonyl (C=O) groups excluding carboxylic acids is 1. The Labute approximate surface area is 177 Å². The minimum absolute atomic E-state index is 0.299. The minimum atomic E-state index is -1.11. The first kappa shape index (κ1) is 20.2. The Morgan fingerprint density at radius 3 is 2.43 bits per heavy atom. The van der Waals surface area contributed by atoms with Crippen LogP contribution in [0.15, 0.2) is 39.3 Å². The lowest BCUT2D eigenvalue weighted by molar-refractivity contribution is -0.135. The number of carboxylic acids is 1.